The van der Waals surface area contributed by atoms with Gasteiger partial charge in [0.25, 0.3) is 0 Å². The largest absolute Gasteiger partial charge is 0.493 e. The lowest BCUT2D eigenvalue weighted by atomic mass is 10.3. The molecular weight excluding hydrogens is 365 g/mol. The minimum atomic E-state index is 0.282. The van der Waals surface area contributed by atoms with Crippen LogP contribution in [0.15, 0.2) is 35.5 Å². The lowest BCUT2D eigenvalue weighted by Crippen LogP contribution is -2.23. The number of nitrogens with one attached hydrogen (secondary N) is 2. The molecule has 0 radical (unpaired) electrons. The third-order valence-electron chi connectivity index (χ3n) is 3.15. The van der Waals surface area contributed by atoms with Crippen LogP contribution in [0.1, 0.15) is 0 Å². The molecule has 25 heavy (non-hydrogen) atoms. The van der Waals surface area contributed by atoms with Gasteiger partial charge < -0.3 is 25.8 Å². The molecule has 0 saturated carbocycles. The van der Waals surface area contributed by atoms with Crippen molar-refractivity contribution in [2.75, 3.05) is 37.9 Å². The zero-order valence-electron chi connectivity index (χ0n) is 13.8. The van der Waals surface area contributed by atoms with Crippen LogP contribution in [-0.4, -0.2) is 38.3 Å². The number of nitrogens with zero attached hydrogens (tertiary/aromatic N) is 2. The first-order chi connectivity index (χ1) is 12.0. The maximum Gasteiger partial charge on any atom is 0.193 e. The molecule has 1 heterocycles. The Hall–Kier alpha value is -2.38. The van der Waals surface area contributed by atoms with Crippen molar-refractivity contribution in [1.29, 1.82) is 0 Å². The van der Waals surface area contributed by atoms with Gasteiger partial charge in [0.2, 0.25) is 0 Å². The smallest absolute Gasteiger partial charge is 0.193 e. The van der Waals surface area contributed by atoms with Gasteiger partial charge in [-0.3, -0.25) is 4.99 Å². The molecule has 134 valence electrons. The summed E-state index contributed by atoms with van der Waals surface area (Å²) < 4.78 is 10.4. The number of nitrogens with two attached hydrogens (primary N) is 1. The van der Waals surface area contributed by atoms with Crippen LogP contribution in [0.3, 0.4) is 0 Å². The molecule has 0 aliphatic carbocycles. The highest BCUT2D eigenvalue weighted by Gasteiger charge is 2.05. The lowest BCUT2D eigenvalue weighted by molar-refractivity contribution is 0.355. The van der Waals surface area contributed by atoms with Crippen LogP contribution in [0, 0.1) is 0 Å². The maximum atomic E-state index is 6.03. The summed E-state index contributed by atoms with van der Waals surface area (Å²) in [4.78, 5) is 8.33. The predicted octanol–water partition coefficient (Wildman–Crippen LogP) is 3.24. The molecule has 1 aromatic heterocycles. The van der Waals surface area contributed by atoms with Gasteiger partial charge in [-0.15, -0.1) is 0 Å². The summed E-state index contributed by atoms with van der Waals surface area (Å²) in [5.74, 6) is 2.07. The summed E-state index contributed by atoms with van der Waals surface area (Å²) in [6.45, 7) is 0.954. The van der Waals surface area contributed by atoms with Crippen molar-refractivity contribution in [3.05, 3.63) is 40.5 Å². The van der Waals surface area contributed by atoms with E-state index in [1.54, 1.807) is 32.4 Å². The summed E-state index contributed by atoms with van der Waals surface area (Å²) in [7, 11) is 3.15. The summed E-state index contributed by atoms with van der Waals surface area (Å²) in [6.07, 6.45) is 1.52. The molecule has 0 saturated heterocycles. The van der Waals surface area contributed by atoms with Crippen molar-refractivity contribution in [1.82, 2.24) is 4.98 Å². The number of hydrogen-bond donors (Lipinski definition) is 3. The van der Waals surface area contributed by atoms with Gasteiger partial charge in [0.15, 0.2) is 17.5 Å². The SMILES string of the molecule is COc1ccc(NC(N)=NCCNc2ncc(Cl)cc2Cl)cc1OC. The molecule has 9 heteroatoms. The van der Waals surface area contributed by atoms with Gasteiger partial charge in [-0.1, -0.05) is 23.2 Å². The number of anilines is 2. The van der Waals surface area contributed by atoms with E-state index in [0.717, 1.165) is 5.69 Å². The number of hydrogen-bond acceptors (Lipinski definition) is 5. The summed E-state index contributed by atoms with van der Waals surface area (Å²) >= 11 is 11.8. The normalized spacial score (nSPS) is 11.1. The molecule has 1 aromatic carbocycles. The molecule has 0 bridgehead atoms. The number of ether oxygens (including phenoxy) is 2. The summed E-state index contributed by atoms with van der Waals surface area (Å²) in [5, 5.41) is 6.99. The highest BCUT2D eigenvalue weighted by Crippen LogP contribution is 2.29. The van der Waals surface area contributed by atoms with E-state index in [1.165, 1.54) is 6.20 Å². The Labute approximate surface area is 156 Å². The van der Waals surface area contributed by atoms with Crippen LogP contribution >= 0.6 is 23.2 Å². The Bertz CT molecular complexity index is 755. The van der Waals surface area contributed by atoms with Crippen molar-refractivity contribution in [3.8, 4) is 11.5 Å². The van der Waals surface area contributed by atoms with E-state index in [-0.39, 0.29) is 5.96 Å². The topological polar surface area (TPSA) is 93.8 Å². The van der Waals surface area contributed by atoms with Crippen molar-refractivity contribution >= 4 is 40.7 Å². The van der Waals surface area contributed by atoms with E-state index in [0.29, 0.717) is 40.5 Å². The Kier molecular flexibility index (Phi) is 6.97. The van der Waals surface area contributed by atoms with Gasteiger partial charge in [0, 0.05) is 24.5 Å². The standard InChI is InChI=1S/C16H19Cl2N5O2/c1-24-13-4-3-11(8-14(13)25-2)23-16(19)21-6-5-20-15-12(18)7-10(17)9-22-15/h3-4,7-9H,5-6H2,1-2H3,(H,20,22)(H3,19,21,23). The van der Waals surface area contributed by atoms with Crippen LogP contribution in [-0.2, 0) is 0 Å². The maximum absolute atomic E-state index is 6.03. The minimum absolute atomic E-state index is 0.282. The third-order valence-corrected chi connectivity index (χ3v) is 3.64. The van der Waals surface area contributed by atoms with Gasteiger partial charge in [-0.2, -0.15) is 0 Å². The van der Waals surface area contributed by atoms with E-state index < -0.39 is 0 Å². The molecule has 0 spiro atoms. The molecule has 0 atom stereocenters. The van der Waals surface area contributed by atoms with E-state index in [2.05, 4.69) is 20.6 Å². The van der Waals surface area contributed by atoms with E-state index >= 15 is 0 Å². The van der Waals surface area contributed by atoms with Crippen molar-refractivity contribution in [2.24, 2.45) is 10.7 Å². The number of pyridine rings is 1. The zero-order chi connectivity index (χ0) is 18.2. The fourth-order valence-corrected chi connectivity index (χ4v) is 2.44. The third kappa shape index (κ3) is 5.58. The Balaban J connectivity index is 1.87. The monoisotopic (exact) mass is 383 g/mol. The Morgan fingerprint density at radius 1 is 1.20 bits per heavy atom. The second-order valence-corrected chi connectivity index (χ2v) is 5.72. The first-order valence-corrected chi connectivity index (χ1v) is 8.13. The van der Waals surface area contributed by atoms with Crippen molar-refractivity contribution in [3.63, 3.8) is 0 Å². The second kappa shape index (κ2) is 9.19. The first kappa shape index (κ1) is 19.0. The lowest BCUT2D eigenvalue weighted by Gasteiger charge is -2.11. The molecule has 0 aliphatic rings. The number of aliphatic imine (C=N–C) groups is 1. The van der Waals surface area contributed by atoms with Crippen LogP contribution in [0.5, 0.6) is 11.5 Å². The summed E-state index contributed by atoms with van der Waals surface area (Å²) in [5.41, 5.74) is 6.62. The predicted molar refractivity (Wildman–Crippen MR) is 102 cm³/mol. The van der Waals surface area contributed by atoms with Crippen molar-refractivity contribution < 1.29 is 9.47 Å². The molecule has 7 nitrogen and oxygen atoms in total. The fraction of sp³-hybridized carbons (Fsp3) is 0.250. The molecule has 0 unspecified atom stereocenters. The molecular formula is C16H19Cl2N5O2. The molecule has 0 aliphatic heterocycles. The van der Waals surface area contributed by atoms with Crippen LogP contribution in [0.4, 0.5) is 11.5 Å². The average molecular weight is 384 g/mol. The highest BCUT2D eigenvalue weighted by atomic mass is 35.5. The first-order valence-electron chi connectivity index (χ1n) is 7.37. The van der Waals surface area contributed by atoms with Gasteiger partial charge >= 0.3 is 0 Å². The van der Waals surface area contributed by atoms with Crippen LogP contribution in [0.2, 0.25) is 10.0 Å². The van der Waals surface area contributed by atoms with Crippen molar-refractivity contribution in [2.45, 2.75) is 0 Å². The highest BCUT2D eigenvalue weighted by molar-refractivity contribution is 6.35. The van der Waals surface area contributed by atoms with Crippen LogP contribution in [0.25, 0.3) is 0 Å². The number of rotatable bonds is 7. The number of guanidine groups is 1. The fourth-order valence-electron chi connectivity index (χ4n) is 2.00. The quantitative estimate of drug-likeness (QED) is 0.386. The van der Waals surface area contributed by atoms with Crippen LogP contribution < -0.4 is 25.8 Å². The molecule has 0 fully saturated rings. The molecule has 0 amide bonds. The average Bonchev–Trinajstić information content (AvgIpc) is 2.60. The zero-order valence-corrected chi connectivity index (χ0v) is 15.4. The molecule has 4 N–H and O–H groups in total. The van der Waals surface area contributed by atoms with E-state index in [4.69, 9.17) is 38.4 Å². The van der Waals surface area contributed by atoms with E-state index in [9.17, 15) is 0 Å². The van der Waals surface area contributed by atoms with Gasteiger partial charge in [-0.25, -0.2) is 4.98 Å². The molecule has 2 rings (SSSR count). The number of methoxy groups -OCH3 is 2. The van der Waals surface area contributed by atoms with Gasteiger partial charge in [0.05, 0.1) is 30.8 Å². The second-order valence-electron chi connectivity index (χ2n) is 4.87. The number of halogens is 2. The number of aromatic nitrogens is 1. The summed E-state index contributed by atoms with van der Waals surface area (Å²) in [6, 6.07) is 7.00. The Morgan fingerprint density at radius 3 is 2.64 bits per heavy atom. The number of benzene rings is 1. The Morgan fingerprint density at radius 2 is 1.96 bits per heavy atom. The van der Waals surface area contributed by atoms with E-state index in [1.807, 2.05) is 6.07 Å². The van der Waals surface area contributed by atoms with Gasteiger partial charge in [0.1, 0.15) is 5.82 Å². The van der Waals surface area contributed by atoms with Gasteiger partial charge in [-0.05, 0) is 18.2 Å². The minimum Gasteiger partial charge on any atom is -0.493 e. The molecule has 2 aromatic rings.